The second kappa shape index (κ2) is 3.50. The number of nitrogens with one attached hydrogen (secondary N) is 1. The average molecular weight is 180 g/mol. The van der Waals surface area contributed by atoms with Gasteiger partial charge >= 0.3 is 0 Å². The number of hydrogen-bond acceptors (Lipinski definition) is 3. The maximum Gasteiger partial charge on any atom is 0.197 e. The molecule has 1 aliphatic rings. The number of nitrogens with zero attached hydrogens (tertiary/aromatic N) is 1. The summed E-state index contributed by atoms with van der Waals surface area (Å²) in [6.07, 6.45) is 2.30. The van der Waals surface area contributed by atoms with Crippen molar-refractivity contribution in [2.24, 2.45) is 0 Å². The van der Waals surface area contributed by atoms with E-state index in [2.05, 4.69) is 10.3 Å². The topological polar surface area (TPSA) is 38.1 Å². The smallest absolute Gasteiger partial charge is 0.197 e. The highest BCUT2D eigenvalue weighted by Gasteiger charge is 2.20. The van der Waals surface area contributed by atoms with Crippen LogP contribution >= 0.6 is 0 Å². The van der Waals surface area contributed by atoms with Crippen molar-refractivity contribution in [2.45, 2.75) is 32.6 Å². The lowest BCUT2D eigenvalue weighted by molar-refractivity contribution is 0.366. The van der Waals surface area contributed by atoms with Gasteiger partial charge in [-0.05, 0) is 39.8 Å². The van der Waals surface area contributed by atoms with Gasteiger partial charge in [0.05, 0.1) is 5.69 Å². The minimum atomic E-state index is 0.536. The summed E-state index contributed by atoms with van der Waals surface area (Å²) in [4.78, 5) is 4.44. The molecule has 0 unspecified atom stereocenters. The van der Waals surface area contributed by atoms with Crippen LogP contribution in [0.4, 0.5) is 0 Å². The molecule has 1 saturated heterocycles. The lowest BCUT2D eigenvalue weighted by atomic mass is 9.98. The molecule has 1 N–H and O–H groups in total. The van der Waals surface area contributed by atoms with E-state index in [4.69, 9.17) is 4.42 Å². The SMILES string of the molecule is Cc1nc(C2CCNCC2)oc1C. The van der Waals surface area contributed by atoms with Gasteiger partial charge in [0, 0.05) is 5.92 Å². The van der Waals surface area contributed by atoms with Gasteiger partial charge in [-0.25, -0.2) is 4.98 Å². The van der Waals surface area contributed by atoms with Crippen molar-refractivity contribution in [1.29, 1.82) is 0 Å². The maximum absolute atomic E-state index is 5.61. The van der Waals surface area contributed by atoms with E-state index >= 15 is 0 Å². The van der Waals surface area contributed by atoms with Crippen molar-refractivity contribution in [1.82, 2.24) is 10.3 Å². The third-order valence-corrected chi connectivity index (χ3v) is 2.73. The predicted octanol–water partition coefficient (Wildman–Crippen LogP) is 1.76. The van der Waals surface area contributed by atoms with E-state index in [0.29, 0.717) is 5.92 Å². The van der Waals surface area contributed by atoms with Gasteiger partial charge in [-0.15, -0.1) is 0 Å². The van der Waals surface area contributed by atoms with Gasteiger partial charge in [-0.3, -0.25) is 0 Å². The van der Waals surface area contributed by atoms with Crippen molar-refractivity contribution in [3.63, 3.8) is 0 Å². The zero-order valence-electron chi connectivity index (χ0n) is 8.26. The lowest BCUT2D eigenvalue weighted by Crippen LogP contribution is -2.26. The second-order valence-electron chi connectivity index (χ2n) is 3.72. The van der Waals surface area contributed by atoms with Gasteiger partial charge in [0.1, 0.15) is 5.76 Å². The normalized spacial score (nSPS) is 19.2. The fraction of sp³-hybridized carbons (Fsp3) is 0.700. The number of aryl methyl sites for hydroxylation is 2. The summed E-state index contributed by atoms with van der Waals surface area (Å²) in [5.41, 5.74) is 1.04. The van der Waals surface area contributed by atoms with Gasteiger partial charge in [-0.1, -0.05) is 0 Å². The Kier molecular flexibility index (Phi) is 2.36. The number of hydrogen-bond donors (Lipinski definition) is 1. The Labute approximate surface area is 78.5 Å². The van der Waals surface area contributed by atoms with E-state index in [0.717, 1.165) is 43.3 Å². The Morgan fingerprint density at radius 3 is 2.54 bits per heavy atom. The Balaban J connectivity index is 2.14. The van der Waals surface area contributed by atoms with Crippen LogP contribution in [-0.4, -0.2) is 18.1 Å². The minimum absolute atomic E-state index is 0.536. The number of aromatic nitrogens is 1. The van der Waals surface area contributed by atoms with Gasteiger partial charge in [0.15, 0.2) is 5.89 Å². The first-order valence-electron chi connectivity index (χ1n) is 4.92. The van der Waals surface area contributed by atoms with Crippen LogP contribution in [0.1, 0.15) is 36.1 Å². The number of piperidine rings is 1. The van der Waals surface area contributed by atoms with Crippen molar-refractivity contribution in [2.75, 3.05) is 13.1 Å². The fourth-order valence-corrected chi connectivity index (χ4v) is 1.74. The van der Waals surface area contributed by atoms with Crippen LogP contribution in [0.15, 0.2) is 4.42 Å². The zero-order valence-corrected chi connectivity index (χ0v) is 8.26. The summed E-state index contributed by atoms with van der Waals surface area (Å²) in [6.45, 7) is 6.16. The van der Waals surface area contributed by atoms with E-state index in [-0.39, 0.29) is 0 Å². The fourth-order valence-electron chi connectivity index (χ4n) is 1.74. The van der Waals surface area contributed by atoms with Gasteiger partial charge < -0.3 is 9.73 Å². The van der Waals surface area contributed by atoms with Crippen LogP contribution in [0.2, 0.25) is 0 Å². The highest BCUT2D eigenvalue weighted by atomic mass is 16.4. The molecule has 0 atom stereocenters. The molecule has 0 amide bonds. The molecule has 0 radical (unpaired) electrons. The maximum atomic E-state index is 5.61. The molecule has 1 fully saturated rings. The Morgan fingerprint density at radius 1 is 1.31 bits per heavy atom. The average Bonchev–Trinajstić information content (AvgIpc) is 2.49. The molecular weight excluding hydrogens is 164 g/mol. The van der Waals surface area contributed by atoms with Crippen LogP contribution in [0.25, 0.3) is 0 Å². The van der Waals surface area contributed by atoms with E-state index in [1.165, 1.54) is 0 Å². The summed E-state index contributed by atoms with van der Waals surface area (Å²) in [6, 6.07) is 0. The first kappa shape index (κ1) is 8.75. The van der Waals surface area contributed by atoms with Crippen LogP contribution in [0.5, 0.6) is 0 Å². The summed E-state index contributed by atoms with van der Waals surface area (Å²) in [5, 5.41) is 3.34. The van der Waals surface area contributed by atoms with Crippen LogP contribution < -0.4 is 5.32 Å². The molecule has 72 valence electrons. The van der Waals surface area contributed by atoms with Crippen molar-refractivity contribution < 1.29 is 4.42 Å². The molecule has 0 spiro atoms. The molecule has 13 heavy (non-hydrogen) atoms. The van der Waals surface area contributed by atoms with Gasteiger partial charge in [0.25, 0.3) is 0 Å². The van der Waals surface area contributed by atoms with E-state index in [1.54, 1.807) is 0 Å². The lowest BCUT2D eigenvalue weighted by Gasteiger charge is -2.19. The molecule has 1 aromatic rings. The molecule has 1 aromatic heterocycles. The molecule has 0 saturated carbocycles. The third kappa shape index (κ3) is 1.75. The second-order valence-corrected chi connectivity index (χ2v) is 3.72. The first-order chi connectivity index (χ1) is 6.27. The highest BCUT2D eigenvalue weighted by molar-refractivity contribution is 5.08. The van der Waals surface area contributed by atoms with Gasteiger partial charge in [0.2, 0.25) is 0 Å². The molecule has 0 aromatic carbocycles. The molecule has 2 rings (SSSR count). The monoisotopic (exact) mass is 180 g/mol. The summed E-state index contributed by atoms with van der Waals surface area (Å²) < 4.78 is 5.61. The summed E-state index contributed by atoms with van der Waals surface area (Å²) >= 11 is 0. The largest absolute Gasteiger partial charge is 0.445 e. The molecule has 3 heteroatoms. The molecule has 0 aliphatic carbocycles. The van der Waals surface area contributed by atoms with Crippen LogP contribution in [-0.2, 0) is 0 Å². The number of rotatable bonds is 1. The molecular formula is C10H16N2O. The standard InChI is InChI=1S/C10H16N2O/c1-7-8(2)13-10(12-7)9-3-5-11-6-4-9/h9,11H,3-6H2,1-2H3. The highest BCUT2D eigenvalue weighted by Crippen LogP contribution is 2.25. The van der Waals surface area contributed by atoms with Crippen LogP contribution in [0, 0.1) is 13.8 Å². The zero-order chi connectivity index (χ0) is 9.26. The Morgan fingerprint density at radius 2 is 2.00 bits per heavy atom. The van der Waals surface area contributed by atoms with Crippen molar-refractivity contribution >= 4 is 0 Å². The Bertz CT molecular complexity index is 268. The van der Waals surface area contributed by atoms with E-state index in [9.17, 15) is 0 Å². The minimum Gasteiger partial charge on any atom is -0.445 e. The summed E-state index contributed by atoms with van der Waals surface area (Å²) in [7, 11) is 0. The molecule has 0 bridgehead atoms. The Hall–Kier alpha value is -0.830. The molecule has 2 heterocycles. The van der Waals surface area contributed by atoms with Crippen molar-refractivity contribution in [3.05, 3.63) is 17.3 Å². The molecule has 3 nitrogen and oxygen atoms in total. The predicted molar refractivity (Wildman–Crippen MR) is 50.8 cm³/mol. The van der Waals surface area contributed by atoms with Crippen molar-refractivity contribution in [3.8, 4) is 0 Å². The van der Waals surface area contributed by atoms with E-state index < -0.39 is 0 Å². The third-order valence-electron chi connectivity index (χ3n) is 2.73. The summed E-state index contributed by atoms with van der Waals surface area (Å²) in [5.74, 6) is 2.44. The first-order valence-corrected chi connectivity index (χ1v) is 4.92. The molecule has 1 aliphatic heterocycles. The van der Waals surface area contributed by atoms with E-state index in [1.807, 2.05) is 13.8 Å². The quantitative estimate of drug-likeness (QED) is 0.715. The number of oxazole rings is 1. The van der Waals surface area contributed by atoms with Crippen LogP contribution in [0.3, 0.4) is 0 Å². The van der Waals surface area contributed by atoms with Gasteiger partial charge in [-0.2, -0.15) is 0 Å².